The number of pyridine rings is 1. The molecule has 68 valence electrons. The Morgan fingerprint density at radius 1 is 1.31 bits per heavy atom. The van der Waals surface area contributed by atoms with E-state index in [-0.39, 0.29) is 0 Å². The highest BCUT2D eigenvalue weighted by atomic mass is 16.1. The molecule has 0 unspecified atom stereocenters. The van der Waals surface area contributed by atoms with Gasteiger partial charge in [-0.2, -0.15) is 0 Å². The number of Topliss-reactive ketones (excluding diaryl/α,β-unsaturated/α-hetero) is 1. The van der Waals surface area contributed by atoms with Gasteiger partial charge < -0.3 is 0 Å². The van der Waals surface area contributed by atoms with Crippen molar-refractivity contribution in [1.29, 1.82) is 0 Å². The third kappa shape index (κ3) is 1.48. The fourth-order valence-corrected chi connectivity index (χ4v) is 1.67. The van der Waals surface area contributed by atoms with Crippen LogP contribution in [0, 0.1) is 0 Å². The molecule has 2 nitrogen and oxygen atoms in total. The second-order valence-electron chi connectivity index (χ2n) is 3.92. The second-order valence-corrected chi connectivity index (χ2v) is 3.92. The van der Waals surface area contributed by atoms with Crippen molar-refractivity contribution in [3.05, 3.63) is 29.1 Å². The summed E-state index contributed by atoms with van der Waals surface area (Å²) in [7, 11) is 0. The van der Waals surface area contributed by atoms with Crippen LogP contribution < -0.4 is 0 Å². The summed E-state index contributed by atoms with van der Waals surface area (Å²) in [5.74, 6) is 0.763. The quantitative estimate of drug-likeness (QED) is 0.652. The molecule has 1 aromatic rings. The molecule has 0 aliphatic heterocycles. The van der Waals surface area contributed by atoms with Gasteiger partial charge in [-0.05, 0) is 23.1 Å². The number of nitrogens with zero attached hydrogens (tertiary/aromatic N) is 1. The molecule has 1 aromatic heterocycles. The first-order valence-corrected chi connectivity index (χ1v) is 4.66. The highest BCUT2D eigenvalue weighted by molar-refractivity contribution is 5.87. The first-order chi connectivity index (χ1) is 6.16. The van der Waals surface area contributed by atoms with Gasteiger partial charge in [-0.1, -0.05) is 13.8 Å². The van der Waals surface area contributed by atoms with Crippen molar-refractivity contribution >= 4 is 5.78 Å². The molecule has 0 saturated heterocycles. The molecule has 2 rings (SSSR count). The van der Waals surface area contributed by atoms with Gasteiger partial charge in [0.1, 0.15) is 5.78 Å². The van der Waals surface area contributed by atoms with Crippen LogP contribution in [0.4, 0.5) is 0 Å². The molecule has 0 radical (unpaired) electrons. The lowest BCUT2D eigenvalue weighted by atomic mass is 10.1. The minimum atomic E-state index is 0.317. The fourth-order valence-electron chi connectivity index (χ4n) is 1.67. The van der Waals surface area contributed by atoms with Crippen LogP contribution in [0.5, 0.6) is 0 Å². The highest BCUT2D eigenvalue weighted by Crippen LogP contribution is 2.22. The van der Waals surface area contributed by atoms with Crippen LogP contribution in [0.15, 0.2) is 12.3 Å². The van der Waals surface area contributed by atoms with Gasteiger partial charge in [-0.15, -0.1) is 0 Å². The predicted octanol–water partition coefficient (Wildman–Crippen LogP) is 1.87. The highest BCUT2D eigenvalue weighted by Gasteiger charge is 2.19. The lowest BCUT2D eigenvalue weighted by Crippen LogP contribution is -1.95. The molecule has 13 heavy (non-hydrogen) atoms. The zero-order valence-electron chi connectivity index (χ0n) is 8.00. The summed E-state index contributed by atoms with van der Waals surface area (Å²) in [6.45, 7) is 4.23. The van der Waals surface area contributed by atoms with Gasteiger partial charge >= 0.3 is 0 Å². The van der Waals surface area contributed by atoms with Crippen molar-refractivity contribution < 1.29 is 4.79 Å². The molecule has 0 fully saturated rings. The fraction of sp³-hybridized carbons (Fsp3) is 0.455. The first-order valence-electron chi connectivity index (χ1n) is 4.66. The van der Waals surface area contributed by atoms with Gasteiger partial charge in [0.2, 0.25) is 0 Å². The number of hydrogen-bond donors (Lipinski definition) is 0. The zero-order chi connectivity index (χ0) is 9.42. The van der Waals surface area contributed by atoms with E-state index in [2.05, 4.69) is 24.9 Å². The molecule has 0 N–H and O–H groups in total. The summed E-state index contributed by atoms with van der Waals surface area (Å²) >= 11 is 0. The second kappa shape index (κ2) is 2.95. The van der Waals surface area contributed by atoms with Crippen LogP contribution in [0.2, 0.25) is 0 Å². The standard InChI is InChI=1S/C11H13NO/c1-7(2)11-5-8-3-10(13)4-9(8)6-12-11/h5-7H,3-4H2,1-2H3. The average Bonchev–Trinajstić information content (AvgIpc) is 2.42. The molecular weight excluding hydrogens is 162 g/mol. The van der Waals surface area contributed by atoms with E-state index >= 15 is 0 Å². The molecule has 0 atom stereocenters. The predicted molar refractivity (Wildman–Crippen MR) is 50.7 cm³/mol. The lowest BCUT2D eigenvalue weighted by Gasteiger charge is -2.05. The lowest BCUT2D eigenvalue weighted by molar-refractivity contribution is -0.117. The molecule has 1 aliphatic carbocycles. The van der Waals surface area contributed by atoms with Crippen molar-refractivity contribution in [3.8, 4) is 0 Å². The SMILES string of the molecule is CC(C)c1cc2c(cn1)CC(=O)C2. The molecule has 1 heterocycles. The number of ketones is 1. The summed E-state index contributed by atoms with van der Waals surface area (Å²) in [4.78, 5) is 15.5. The van der Waals surface area contributed by atoms with Crippen molar-refractivity contribution in [3.63, 3.8) is 0 Å². The van der Waals surface area contributed by atoms with E-state index in [4.69, 9.17) is 0 Å². The molecule has 0 saturated carbocycles. The Hall–Kier alpha value is -1.18. The van der Waals surface area contributed by atoms with Crippen LogP contribution in [-0.2, 0) is 17.6 Å². The number of fused-ring (bicyclic) bond motifs is 1. The van der Waals surface area contributed by atoms with E-state index in [1.165, 1.54) is 5.56 Å². The monoisotopic (exact) mass is 175 g/mol. The third-order valence-corrected chi connectivity index (χ3v) is 2.47. The van der Waals surface area contributed by atoms with Crippen molar-refractivity contribution in [2.75, 3.05) is 0 Å². The van der Waals surface area contributed by atoms with E-state index in [9.17, 15) is 4.79 Å². The number of aromatic nitrogens is 1. The van der Waals surface area contributed by atoms with Crippen LogP contribution in [0.1, 0.15) is 36.6 Å². The Morgan fingerprint density at radius 3 is 2.69 bits per heavy atom. The van der Waals surface area contributed by atoms with E-state index in [1.807, 2.05) is 6.20 Å². The number of carbonyl (C=O) groups excluding carboxylic acids is 1. The Morgan fingerprint density at radius 2 is 2.00 bits per heavy atom. The van der Waals surface area contributed by atoms with E-state index in [1.54, 1.807) is 0 Å². The van der Waals surface area contributed by atoms with E-state index < -0.39 is 0 Å². The molecule has 1 aliphatic rings. The summed E-state index contributed by atoms with van der Waals surface area (Å²) in [5, 5.41) is 0. The molecular formula is C11H13NO. The van der Waals surface area contributed by atoms with Gasteiger partial charge in [-0.3, -0.25) is 9.78 Å². The molecule has 0 amide bonds. The van der Waals surface area contributed by atoms with E-state index in [0.717, 1.165) is 11.3 Å². The maximum Gasteiger partial charge on any atom is 0.141 e. The summed E-state index contributed by atoms with van der Waals surface area (Å²) in [5.41, 5.74) is 3.39. The Balaban J connectivity index is 2.40. The largest absolute Gasteiger partial charge is 0.299 e. The normalized spacial score (nSPS) is 15.2. The Bertz CT molecular complexity index is 355. The van der Waals surface area contributed by atoms with Crippen LogP contribution >= 0.6 is 0 Å². The van der Waals surface area contributed by atoms with E-state index in [0.29, 0.717) is 24.5 Å². The van der Waals surface area contributed by atoms with Crippen LogP contribution in [0.3, 0.4) is 0 Å². The van der Waals surface area contributed by atoms with Crippen LogP contribution in [0.25, 0.3) is 0 Å². The number of carbonyl (C=O) groups is 1. The van der Waals surface area contributed by atoms with Crippen molar-refractivity contribution in [2.45, 2.75) is 32.6 Å². The summed E-state index contributed by atoms with van der Waals surface area (Å²) in [6, 6.07) is 2.07. The smallest absolute Gasteiger partial charge is 0.141 e. The maximum absolute atomic E-state index is 11.2. The maximum atomic E-state index is 11.2. The third-order valence-electron chi connectivity index (χ3n) is 2.47. The van der Waals surface area contributed by atoms with Crippen molar-refractivity contribution in [2.24, 2.45) is 0 Å². The van der Waals surface area contributed by atoms with Crippen LogP contribution in [-0.4, -0.2) is 10.8 Å². The molecule has 2 heteroatoms. The number of hydrogen-bond acceptors (Lipinski definition) is 2. The summed E-state index contributed by atoms with van der Waals surface area (Å²) < 4.78 is 0. The van der Waals surface area contributed by atoms with Gasteiger partial charge in [-0.25, -0.2) is 0 Å². The minimum absolute atomic E-state index is 0.317. The zero-order valence-corrected chi connectivity index (χ0v) is 8.00. The van der Waals surface area contributed by atoms with Crippen molar-refractivity contribution in [1.82, 2.24) is 4.98 Å². The van der Waals surface area contributed by atoms with Gasteiger partial charge in [0.05, 0.1) is 0 Å². The van der Waals surface area contributed by atoms with Gasteiger partial charge in [0, 0.05) is 24.7 Å². The van der Waals surface area contributed by atoms with Gasteiger partial charge in [0.15, 0.2) is 0 Å². The van der Waals surface area contributed by atoms with Gasteiger partial charge in [0.25, 0.3) is 0 Å². The molecule has 0 bridgehead atoms. The molecule has 0 spiro atoms. The Kier molecular flexibility index (Phi) is 1.91. The topological polar surface area (TPSA) is 30.0 Å². The summed E-state index contributed by atoms with van der Waals surface area (Å²) in [6.07, 6.45) is 3.05. The average molecular weight is 175 g/mol. The number of rotatable bonds is 1. The molecule has 0 aromatic carbocycles. The minimum Gasteiger partial charge on any atom is -0.299 e. The Labute approximate surface area is 78.0 Å². The first kappa shape index (κ1) is 8.42.